The molecule has 410 valence electrons. The summed E-state index contributed by atoms with van der Waals surface area (Å²) in [7, 11) is 0. The largest absolute Gasteiger partial charge is 0.462 e. The van der Waals surface area contributed by atoms with Gasteiger partial charge in [-0.3, -0.25) is 14.4 Å². The average molecular weight is 992 g/mol. The fourth-order valence-electron chi connectivity index (χ4n) is 8.69. The highest BCUT2D eigenvalue weighted by molar-refractivity contribution is 5.72. The third kappa shape index (κ3) is 57.6. The fourth-order valence-corrected chi connectivity index (χ4v) is 8.69. The maximum atomic E-state index is 12.8. The van der Waals surface area contributed by atoms with Crippen LogP contribution in [0.2, 0.25) is 0 Å². The third-order valence-corrected chi connectivity index (χ3v) is 13.2. The Morgan fingerprint density at radius 2 is 0.592 bits per heavy atom. The summed E-state index contributed by atoms with van der Waals surface area (Å²) in [6.07, 6.45) is 76.5. The van der Waals surface area contributed by atoms with Crippen LogP contribution < -0.4 is 0 Å². The Bertz CT molecular complexity index is 1320. The lowest BCUT2D eigenvalue weighted by Gasteiger charge is -2.18. The van der Waals surface area contributed by atoms with E-state index in [0.29, 0.717) is 12.8 Å². The number of ether oxygens (including phenoxy) is 3. The molecule has 0 aliphatic rings. The van der Waals surface area contributed by atoms with E-state index in [-0.39, 0.29) is 31.6 Å². The zero-order chi connectivity index (χ0) is 51.4. The standard InChI is InChI=1S/C65H114O6/c1-4-7-10-13-16-19-22-25-28-29-30-31-32-33-34-35-38-40-43-46-49-52-55-58-64(67)70-61-62(71-65(68)59-56-53-50-47-44-41-37-27-24-21-18-15-12-9-6-3)60-69-63(66)57-54-51-48-45-42-39-36-26-23-20-17-14-11-8-5-2/h9,12,18,21,27,29-30,37,44,47,53,56,62H,4-8,10-11,13-17,19-20,22-26,28,31-36,38-43,45-46,48-52,54-55,57-61H2,1-3H3/b12-9-,21-18-,30-29-,37-27-,47-44-,56-53-. The molecule has 0 heterocycles. The van der Waals surface area contributed by atoms with Crippen molar-refractivity contribution in [2.75, 3.05) is 13.2 Å². The second kappa shape index (κ2) is 59.4. The smallest absolute Gasteiger partial charge is 0.310 e. The van der Waals surface area contributed by atoms with Crippen molar-refractivity contribution in [3.63, 3.8) is 0 Å². The van der Waals surface area contributed by atoms with Gasteiger partial charge in [0.25, 0.3) is 0 Å². The van der Waals surface area contributed by atoms with E-state index in [2.05, 4.69) is 81.5 Å². The van der Waals surface area contributed by atoms with Crippen LogP contribution in [0.4, 0.5) is 0 Å². The van der Waals surface area contributed by atoms with E-state index < -0.39 is 12.1 Å². The minimum Gasteiger partial charge on any atom is -0.462 e. The Hall–Kier alpha value is -3.15. The van der Waals surface area contributed by atoms with Gasteiger partial charge >= 0.3 is 17.9 Å². The first-order valence-corrected chi connectivity index (χ1v) is 30.4. The van der Waals surface area contributed by atoms with Gasteiger partial charge in [0.1, 0.15) is 13.2 Å². The van der Waals surface area contributed by atoms with Gasteiger partial charge in [0.15, 0.2) is 6.10 Å². The van der Waals surface area contributed by atoms with Gasteiger partial charge in [-0.15, -0.1) is 0 Å². The SMILES string of the molecule is CC/C=C\C/C=C\C/C=C\C/C=C\C/C=C\CC(=O)OC(COC(=O)CCCCCCCCCCCCC/C=C\CCCCCCCCCC)COC(=O)CCCCCCCCCCCCCCCCC. The van der Waals surface area contributed by atoms with Crippen LogP contribution >= 0.6 is 0 Å². The van der Waals surface area contributed by atoms with Crippen LogP contribution in [0.25, 0.3) is 0 Å². The molecule has 6 nitrogen and oxygen atoms in total. The molecule has 0 aliphatic heterocycles. The second-order valence-corrected chi connectivity index (χ2v) is 20.3. The molecule has 0 rings (SSSR count). The van der Waals surface area contributed by atoms with Crippen molar-refractivity contribution < 1.29 is 28.6 Å². The zero-order valence-electron chi connectivity index (χ0n) is 47.0. The Morgan fingerprint density at radius 3 is 0.915 bits per heavy atom. The number of carbonyl (C=O) groups excluding carboxylic acids is 3. The molecule has 0 aromatic heterocycles. The van der Waals surface area contributed by atoms with Gasteiger partial charge in [-0.2, -0.15) is 0 Å². The summed E-state index contributed by atoms with van der Waals surface area (Å²) in [5.74, 6) is -1.03. The lowest BCUT2D eigenvalue weighted by Crippen LogP contribution is -2.30. The fraction of sp³-hybridized carbons (Fsp3) is 0.769. The number of allylic oxidation sites excluding steroid dienone is 11. The molecule has 0 aromatic rings. The third-order valence-electron chi connectivity index (χ3n) is 13.2. The predicted octanol–water partition coefficient (Wildman–Crippen LogP) is 20.5. The molecule has 0 bridgehead atoms. The highest BCUT2D eigenvalue weighted by Crippen LogP contribution is 2.16. The zero-order valence-corrected chi connectivity index (χ0v) is 47.0. The van der Waals surface area contributed by atoms with Gasteiger partial charge < -0.3 is 14.2 Å². The highest BCUT2D eigenvalue weighted by Gasteiger charge is 2.19. The number of esters is 3. The molecule has 1 unspecified atom stereocenters. The molecule has 0 aromatic carbocycles. The lowest BCUT2D eigenvalue weighted by atomic mass is 10.0. The van der Waals surface area contributed by atoms with Gasteiger partial charge in [-0.1, -0.05) is 286 Å². The molecule has 0 aliphatic carbocycles. The number of hydrogen-bond acceptors (Lipinski definition) is 6. The molecular weight excluding hydrogens is 877 g/mol. The van der Waals surface area contributed by atoms with Crippen molar-refractivity contribution in [1.82, 2.24) is 0 Å². The normalized spacial score (nSPS) is 12.5. The summed E-state index contributed by atoms with van der Waals surface area (Å²) in [6, 6.07) is 0. The predicted molar refractivity (Wildman–Crippen MR) is 307 cm³/mol. The minimum atomic E-state index is -0.828. The second-order valence-electron chi connectivity index (χ2n) is 20.3. The van der Waals surface area contributed by atoms with Crippen LogP contribution in [-0.4, -0.2) is 37.2 Å². The summed E-state index contributed by atoms with van der Waals surface area (Å²) in [5.41, 5.74) is 0. The maximum Gasteiger partial charge on any atom is 0.310 e. The van der Waals surface area contributed by atoms with Crippen molar-refractivity contribution in [2.45, 2.75) is 309 Å². The highest BCUT2D eigenvalue weighted by atomic mass is 16.6. The van der Waals surface area contributed by atoms with E-state index in [1.165, 1.54) is 193 Å². The van der Waals surface area contributed by atoms with E-state index >= 15 is 0 Å². The van der Waals surface area contributed by atoms with Gasteiger partial charge in [-0.05, 0) is 70.6 Å². The van der Waals surface area contributed by atoms with Crippen molar-refractivity contribution in [1.29, 1.82) is 0 Å². The van der Waals surface area contributed by atoms with Crippen LogP contribution in [0, 0.1) is 0 Å². The minimum absolute atomic E-state index is 0.0996. The molecule has 0 radical (unpaired) electrons. The molecule has 1 atom stereocenters. The lowest BCUT2D eigenvalue weighted by molar-refractivity contribution is -0.166. The summed E-state index contributed by atoms with van der Waals surface area (Å²) in [5, 5.41) is 0. The van der Waals surface area contributed by atoms with Crippen LogP contribution in [-0.2, 0) is 28.6 Å². The van der Waals surface area contributed by atoms with E-state index in [0.717, 1.165) is 70.6 Å². The summed E-state index contributed by atoms with van der Waals surface area (Å²) in [4.78, 5) is 38.1. The molecule has 0 amide bonds. The summed E-state index contributed by atoms with van der Waals surface area (Å²) >= 11 is 0. The summed E-state index contributed by atoms with van der Waals surface area (Å²) in [6.45, 7) is 6.48. The molecule has 0 saturated heterocycles. The average Bonchev–Trinajstić information content (AvgIpc) is 3.37. The Kier molecular flexibility index (Phi) is 56.8. The maximum absolute atomic E-state index is 12.8. The number of hydrogen-bond donors (Lipinski definition) is 0. The first-order chi connectivity index (χ1) is 35.0. The van der Waals surface area contributed by atoms with Crippen molar-refractivity contribution in [3.8, 4) is 0 Å². The van der Waals surface area contributed by atoms with Gasteiger partial charge in [-0.25, -0.2) is 0 Å². The van der Waals surface area contributed by atoms with E-state index in [1.54, 1.807) is 6.08 Å². The molecule has 0 N–H and O–H groups in total. The van der Waals surface area contributed by atoms with Crippen molar-refractivity contribution in [3.05, 3.63) is 72.9 Å². The van der Waals surface area contributed by atoms with Gasteiger partial charge in [0.05, 0.1) is 6.42 Å². The molecule has 71 heavy (non-hydrogen) atoms. The van der Waals surface area contributed by atoms with Crippen LogP contribution in [0.5, 0.6) is 0 Å². The van der Waals surface area contributed by atoms with Gasteiger partial charge in [0.2, 0.25) is 0 Å². The Balaban J connectivity index is 4.37. The quantitative estimate of drug-likeness (QED) is 0.0261. The first-order valence-electron chi connectivity index (χ1n) is 30.4. The molecule has 6 heteroatoms. The van der Waals surface area contributed by atoms with Crippen LogP contribution in [0.1, 0.15) is 303 Å². The number of rotatable bonds is 55. The molecular formula is C65H114O6. The first kappa shape index (κ1) is 67.8. The number of unbranched alkanes of at least 4 members (excludes halogenated alkanes) is 33. The van der Waals surface area contributed by atoms with Crippen LogP contribution in [0.3, 0.4) is 0 Å². The number of carbonyl (C=O) groups is 3. The van der Waals surface area contributed by atoms with Crippen molar-refractivity contribution in [2.24, 2.45) is 0 Å². The Morgan fingerprint density at radius 1 is 0.310 bits per heavy atom. The van der Waals surface area contributed by atoms with E-state index in [9.17, 15) is 14.4 Å². The van der Waals surface area contributed by atoms with Crippen LogP contribution in [0.15, 0.2) is 72.9 Å². The van der Waals surface area contributed by atoms with Gasteiger partial charge in [0, 0.05) is 12.8 Å². The monoisotopic (exact) mass is 991 g/mol. The van der Waals surface area contributed by atoms with Crippen molar-refractivity contribution >= 4 is 17.9 Å². The van der Waals surface area contributed by atoms with E-state index in [4.69, 9.17) is 14.2 Å². The van der Waals surface area contributed by atoms with E-state index in [1.807, 2.05) is 6.08 Å². The topological polar surface area (TPSA) is 78.9 Å². The Labute approximate surface area is 440 Å². The molecule has 0 spiro atoms. The molecule has 0 fully saturated rings. The summed E-state index contributed by atoms with van der Waals surface area (Å²) < 4.78 is 16.8. The molecule has 0 saturated carbocycles.